The molecule has 3 aromatic rings. The van der Waals surface area contributed by atoms with Crippen LogP contribution >= 0.6 is 11.6 Å². The highest BCUT2D eigenvalue weighted by Crippen LogP contribution is 2.37. The lowest BCUT2D eigenvalue weighted by atomic mass is 9.94. The predicted octanol–water partition coefficient (Wildman–Crippen LogP) is 4.83. The van der Waals surface area contributed by atoms with Crippen LogP contribution in [0.15, 0.2) is 72.8 Å². The normalized spacial score (nSPS) is 16.1. The molecular weight excluding hydrogens is 372 g/mol. The first-order chi connectivity index (χ1) is 13.5. The zero-order valence-electron chi connectivity index (χ0n) is 15.4. The third-order valence-corrected chi connectivity index (χ3v) is 5.21. The van der Waals surface area contributed by atoms with Crippen LogP contribution in [0, 0.1) is 6.92 Å². The lowest BCUT2D eigenvalue weighted by Crippen LogP contribution is -2.39. The molecule has 2 amide bonds. The van der Waals surface area contributed by atoms with Gasteiger partial charge in [0.15, 0.2) is 0 Å². The van der Waals surface area contributed by atoms with Crippen LogP contribution < -0.4 is 5.32 Å². The van der Waals surface area contributed by atoms with E-state index in [0.717, 1.165) is 22.4 Å². The average Bonchev–Trinajstić information content (AvgIpc) is 2.84. The molecule has 1 aliphatic heterocycles. The van der Waals surface area contributed by atoms with Gasteiger partial charge in [-0.25, -0.2) is 0 Å². The number of carbonyl (C=O) groups excluding carboxylic acids is 2. The highest BCUT2D eigenvalue weighted by atomic mass is 35.5. The molecule has 0 saturated heterocycles. The molecule has 1 atom stereocenters. The minimum absolute atomic E-state index is 0.0582. The third-order valence-electron chi connectivity index (χ3n) is 4.88. The van der Waals surface area contributed by atoms with Crippen molar-refractivity contribution in [2.75, 3.05) is 11.9 Å². The first kappa shape index (κ1) is 18.3. The Kier molecular flexibility index (Phi) is 4.88. The lowest BCUT2D eigenvalue weighted by Gasteiger charge is -2.31. The van der Waals surface area contributed by atoms with Crippen molar-refractivity contribution in [1.82, 2.24) is 4.90 Å². The second kappa shape index (κ2) is 7.49. The van der Waals surface area contributed by atoms with Gasteiger partial charge in [0.2, 0.25) is 5.91 Å². The van der Waals surface area contributed by atoms with E-state index in [1.807, 2.05) is 55.5 Å². The first-order valence-electron chi connectivity index (χ1n) is 9.05. The van der Waals surface area contributed by atoms with E-state index in [9.17, 15) is 9.59 Å². The Morgan fingerprint density at radius 2 is 1.75 bits per heavy atom. The van der Waals surface area contributed by atoms with Crippen LogP contribution in [-0.4, -0.2) is 23.3 Å². The molecule has 0 radical (unpaired) electrons. The van der Waals surface area contributed by atoms with Crippen molar-refractivity contribution >= 4 is 29.1 Å². The lowest BCUT2D eigenvalue weighted by molar-refractivity contribution is -0.117. The molecule has 0 fully saturated rings. The highest BCUT2D eigenvalue weighted by Gasteiger charge is 2.34. The van der Waals surface area contributed by atoms with Gasteiger partial charge < -0.3 is 10.2 Å². The summed E-state index contributed by atoms with van der Waals surface area (Å²) in [5.74, 6) is -0.507. The molecule has 1 aliphatic rings. The summed E-state index contributed by atoms with van der Waals surface area (Å²) < 4.78 is 0. The Morgan fingerprint density at radius 1 is 1.04 bits per heavy atom. The van der Waals surface area contributed by atoms with Crippen molar-refractivity contribution in [1.29, 1.82) is 0 Å². The molecule has 1 heterocycles. The van der Waals surface area contributed by atoms with E-state index >= 15 is 0 Å². The second-order valence-electron chi connectivity index (χ2n) is 6.87. The second-order valence-corrected chi connectivity index (χ2v) is 7.27. The van der Waals surface area contributed by atoms with Gasteiger partial charge in [-0.15, -0.1) is 0 Å². The van der Waals surface area contributed by atoms with Crippen molar-refractivity contribution in [2.45, 2.75) is 13.0 Å². The Hall–Kier alpha value is -3.11. The number of rotatable bonds is 2. The number of hydrogen-bond acceptors (Lipinski definition) is 2. The molecule has 0 aromatic heterocycles. The molecular formula is C23H19ClN2O2. The number of fused-ring (bicyclic) bond motifs is 1. The summed E-state index contributed by atoms with van der Waals surface area (Å²) in [5, 5.41) is 3.30. The molecule has 140 valence electrons. The van der Waals surface area contributed by atoms with E-state index in [1.54, 1.807) is 29.2 Å². The van der Waals surface area contributed by atoms with E-state index in [-0.39, 0.29) is 18.4 Å². The minimum atomic E-state index is -0.404. The molecule has 0 saturated carbocycles. The molecule has 0 aliphatic carbocycles. The molecule has 4 nitrogen and oxygen atoms in total. The number of hydrogen-bond donors (Lipinski definition) is 1. The summed E-state index contributed by atoms with van der Waals surface area (Å²) >= 11 is 6.29. The smallest absolute Gasteiger partial charge is 0.256 e. The van der Waals surface area contributed by atoms with E-state index in [0.29, 0.717) is 10.6 Å². The summed E-state index contributed by atoms with van der Waals surface area (Å²) in [6.07, 6.45) is 0. The molecule has 5 heteroatoms. The molecule has 0 spiro atoms. The van der Waals surface area contributed by atoms with Crippen molar-refractivity contribution in [3.63, 3.8) is 0 Å². The number of nitrogens with zero attached hydrogens (tertiary/aromatic N) is 1. The van der Waals surface area contributed by atoms with Crippen LogP contribution in [0.5, 0.6) is 0 Å². The fourth-order valence-electron chi connectivity index (χ4n) is 3.60. The SMILES string of the molecule is Cc1ccc2c(c1)[C@H](c1ccccc1)N(C(=O)c1ccccc1Cl)CC(=O)N2. The number of nitrogens with one attached hydrogen (secondary N) is 1. The minimum Gasteiger partial charge on any atom is -0.324 e. The van der Waals surface area contributed by atoms with Gasteiger partial charge >= 0.3 is 0 Å². The quantitative estimate of drug-likeness (QED) is 0.681. The van der Waals surface area contributed by atoms with Gasteiger partial charge in [-0.3, -0.25) is 9.59 Å². The largest absolute Gasteiger partial charge is 0.324 e. The topological polar surface area (TPSA) is 49.4 Å². The van der Waals surface area contributed by atoms with Gasteiger partial charge in [0.1, 0.15) is 6.54 Å². The zero-order valence-corrected chi connectivity index (χ0v) is 16.1. The Balaban J connectivity index is 1.91. The monoisotopic (exact) mass is 390 g/mol. The maximum atomic E-state index is 13.5. The summed E-state index contributed by atoms with van der Waals surface area (Å²) in [6.45, 7) is 1.94. The van der Waals surface area contributed by atoms with Crippen molar-refractivity contribution in [3.8, 4) is 0 Å². The predicted molar refractivity (Wildman–Crippen MR) is 111 cm³/mol. The molecule has 4 rings (SSSR count). The number of carbonyl (C=O) groups is 2. The summed E-state index contributed by atoms with van der Waals surface area (Å²) in [6, 6.07) is 22.1. The fourth-order valence-corrected chi connectivity index (χ4v) is 3.82. The van der Waals surface area contributed by atoms with Crippen LogP contribution in [0.3, 0.4) is 0 Å². The van der Waals surface area contributed by atoms with Crippen LogP contribution in [0.25, 0.3) is 0 Å². The van der Waals surface area contributed by atoms with Crippen molar-refractivity contribution < 1.29 is 9.59 Å². The highest BCUT2D eigenvalue weighted by molar-refractivity contribution is 6.33. The molecule has 1 N–H and O–H groups in total. The van der Waals surface area contributed by atoms with Gasteiger partial charge in [0.25, 0.3) is 5.91 Å². The van der Waals surface area contributed by atoms with Crippen LogP contribution in [0.4, 0.5) is 5.69 Å². The Morgan fingerprint density at radius 3 is 2.50 bits per heavy atom. The van der Waals surface area contributed by atoms with E-state index in [1.165, 1.54) is 0 Å². The van der Waals surface area contributed by atoms with Gasteiger partial charge in [-0.05, 0) is 30.7 Å². The Bertz CT molecular complexity index is 1050. The summed E-state index contributed by atoms with van der Waals surface area (Å²) in [5.41, 5.74) is 3.98. The first-order valence-corrected chi connectivity index (χ1v) is 9.43. The third kappa shape index (κ3) is 3.39. The van der Waals surface area contributed by atoms with E-state index in [2.05, 4.69) is 5.32 Å². The average molecular weight is 391 g/mol. The van der Waals surface area contributed by atoms with Crippen molar-refractivity contribution in [2.24, 2.45) is 0 Å². The number of amides is 2. The zero-order chi connectivity index (χ0) is 19.7. The Labute approximate surface area is 168 Å². The maximum Gasteiger partial charge on any atom is 0.256 e. The van der Waals surface area contributed by atoms with Gasteiger partial charge in [0.05, 0.1) is 16.6 Å². The number of aryl methyl sites for hydroxylation is 1. The molecule has 0 bridgehead atoms. The maximum absolute atomic E-state index is 13.5. The van der Waals surface area contributed by atoms with Gasteiger partial charge in [-0.1, -0.05) is 71.8 Å². The molecule has 3 aromatic carbocycles. The van der Waals surface area contributed by atoms with E-state index in [4.69, 9.17) is 11.6 Å². The number of halogens is 1. The molecule has 28 heavy (non-hydrogen) atoms. The van der Waals surface area contributed by atoms with E-state index < -0.39 is 6.04 Å². The van der Waals surface area contributed by atoms with Gasteiger partial charge in [-0.2, -0.15) is 0 Å². The molecule has 0 unspecified atom stereocenters. The van der Waals surface area contributed by atoms with Crippen molar-refractivity contribution in [3.05, 3.63) is 100 Å². The number of anilines is 1. The standard InChI is InChI=1S/C23H19ClN2O2/c1-15-11-12-20-18(13-15)22(16-7-3-2-4-8-16)26(14-21(27)25-20)23(28)17-9-5-6-10-19(17)24/h2-13,22H,14H2,1H3,(H,25,27)/t22-/m0/s1. The summed E-state index contributed by atoms with van der Waals surface area (Å²) in [7, 11) is 0. The summed E-state index contributed by atoms with van der Waals surface area (Å²) in [4.78, 5) is 27.7. The van der Waals surface area contributed by atoms with Crippen LogP contribution in [0.2, 0.25) is 5.02 Å². The fraction of sp³-hybridized carbons (Fsp3) is 0.130. The van der Waals surface area contributed by atoms with Crippen LogP contribution in [-0.2, 0) is 4.79 Å². The number of benzene rings is 3. The van der Waals surface area contributed by atoms with Gasteiger partial charge in [0, 0.05) is 11.3 Å². The van der Waals surface area contributed by atoms with Crippen LogP contribution in [0.1, 0.15) is 33.1 Å².